The fourth-order valence-corrected chi connectivity index (χ4v) is 1.76. The summed E-state index contributed by atoms with van der Waals surface area (Å²) in [6.07, 6.45) is 1.49. The van der Waals surface area contributed by atoms with E-state index >= 15 is 0 Å². The number of carbonyl (C=O) groups excluding carboxylic acids is 2. The highest BCUT2D eigenvalue weighted by atomic mass is 16.5. The molecule has 23 heavy (non-hydrogen) atoms. The van der Waals surface area contributed by atoms with E-state index < -0.39 is 11.8 Å². The maximum Gasteiger partial charge on any atom is 0.329 e. The number of ether oxygens (including phenoxy) is 1. The van der Waals surface area contributed by atoms with E-state index in [9.17, 15) is 9.59 Å². The topological polar surface area (TPSA) is 92.9 Å². The fourth-order valence-electron chi connectivity index (χ4n) is 1.76. The SMILES string of the molecule is CCOc1ccccc1NC(=O)C(=O)N/N=C(\C)c1ccco1. The minimum absolute atomic E-state index is 0.418. The molecular weight excluding hydrogens is 298 g/mol. The zero-order valence-corrected chi connectivity index (χ0v) is 12.8. The van der Waals surface area contributed by atoms with Crippen LogP contribution in [0.4, 0.5) is 5.69 Å². The molecule has 0 fully saturated rings. The number of hydrogen-bond acceptors (Lipinski definition) is 5. The minimum Gasteiger partial charge on any atom is -0.492 e. The second kappa shape index (κ2) is 7.79. The Bertz CT molecular complexity index is 708. The van der Waals surface area contributed by atoms with Crippen LogP contribution in [0, 0.1) is 0 Å². The monoisotopic (exact) mass is 315 g/mol. The van der Waals surface area contributed by atoms with Crippen molar-refractivity contribution < 1.29 is 18.7 Å². The van der Waals surface area contributed by atoms with E-state index in [0.29, 0.717) is 29.5 Å². The summed E-state index contributed by atoms with van der Waals surface area (Å²) in [6, 6.07) is 10.3. The second-order valence-electron chi connectivity index (χ2n) is 4.50. The van der Waals surface area contributed by atoms with Crippen molar-refractivity contribution >= 4 is 23.2 Å². The molecule has 7 nitrogen and oxygen atoms in total. The average Bonchev–Trinajstić information content (AvgIpc) is 3.09. The summed E-state index contributed by atoms with van der Waals surface area (Å²) in [7, 11) is 0. The van der Waals surface area contributed by atoms with Crippen molar-refractivity contribution in [2.45, 2.75) is 13.8 Å². The summed E-state index contributed by atoms with van der Waals surface area (Å²) in [5.41, 5.74) is 3.05. The van der Waals surface area contributed by atoms with Gasteiger partial charge in [-0.05, 0) is 38.1 Å². The Hall–Kier alpha value is -3.09. The summed E-state index contributed by atoms with van der Waals surface area (Å²) < 4.78 is 10.5. The molecule has 2 rings (SSSR count). The highest BCUT2D eigenvalue weighted by molar-refractivity contribution is 6.39. The molecule has 0 aliphatic rings. The zero-order chi connectivity index (χ0) is 16.7. The van der Waals surface area contributed by atoms with Gasteiger partial charge in [-0.2, -0.15) is 5.10 Å². The van der Waals surface area contributed by atoms with Crippen LogP contribution in [-0.2, 0) is 9.59 Å². The van der Waals surface area contributed by atoms with E-state index in [0.717, 1.165) is 0 Å². The predicted octanol–water partition coefficient (Wildman–Crippen LogP) is 2.16. The summed E-state index contributed by atoms with van der Waals surface area (Å²) in [4.78, 5) is 23.7. The van der Waals surface area contributed by atoms with Crippen molar-refractivity contribution in [2.75, 3.05) is 11.9 Å². The number of carbonyl (C=O) groups is 2. The van der Waals surface area contributed by atoms with E-state index in [1.807, 2.05) is 6.92 Å². The third-order valence-corrected chi connectivity index (χ3v) is 2.84. The molecule has 2 N–H and O–H groups in total. The van der Waals surface area contributed by atoms with Crippen LogP contribution in [-0.4, -0.2) is 24.1 Å². The molecule has 0 saturated heterocycles. The lowest BCUT2D eigenvalue weighted by atomic mass is 10.3. The third kappa shape index (κ3) is 4.44. The lowest BCUT2D eigenvalue weighted by Gasteiger charge is -2.10. The molecular formula is C16H17N3O4. The minimum atomic E-state index is -0.887. The molecule has 0 unspecified atom stereocenters. The number of amides is 2. The number of hydrogen-bond donors (Lipinski definition) is 2. The first-order valence-corrected chi connectivity index (χ1v) is 7.03. The predicted molar refractivity (Wildman–Crippen MR) is 85.3 cm³/mol. The van der Waals surface area contributed by atoms with Gasteiger partial charge in [-0.25, -0.2) is 5.43 Å². The Balaban J connectivity index is 1.98. The maximum atomic E-state index is 11.9. The highest BCUT2D eigenvalue weighted by Crippen LogP contribution is 2.23. The summed E-state index contributed by atoms with van der Waals surface area (Å²) in [6.45, 7) is 3.94. The number of para-hydroxylation sites is 2. The van der Waals surface area contributed by atoms with Gasteiger partial charge in [0.05, 0.1) is 18.6 Å². The quantitative estimate of drug-likeness (QED) is 0.502. The molecule has 120 valence electrons. The summed E-state index contributed by atoms with van der Waals surface area (Å²) in [5, 5.41) is 6.30. The highest BCUT2D eigenvalue weighted by Gasteiger charge is 2.15. The zero-order valence-electron chi connectivity index (χ0n) is 12.8. The van der Waals surface area contributed by atoms with Crippen molar-refractivity contribution in [3.05, 3.63) is 48.4 Å². The molecule has 1 aromatic heterocycles. The van der Waals surface area contributed by atoms with E-state index in [2.05, 4.69) is 15.8 Å². The second-order valence-corrected chi connectivity index (χ2v) is 4.50. The number of hydrazone groups is 1. The Kier molecular flexibility index (Phi) is 5.51. The normalized spacial score (nSPS) is 11.0. The van der Waals surface area contributed by atoms with Crippen molar-refractivity contribution in [1.29, 1.82) is 0 Å². The van der Waals surface area contributed by atoms with Crippen LogP contribution in [0.25, 0.3) is 0 Å². The van der Waals surface area contributed by atoms with Crippen LogP contribution in [0.15, 0.2) is 52.2 Å². The number of nitrogens with one attached hydrogen (secondary N) is 2. The number of furan rings is 1. The molecule has 0 saturated carbocycles. The van der Waals surface area contributed by atoms with Crippen LogP contribution >= 0.6 is 0 Å². The number of nitrogens with zero attached hydrogens (tertiary/aromatic N) is 1. The lowest BCUT2D eigenvalue weighted by molar-refractivity contribution is -0.136. The number of anilines is 1. The van der Waals surface area contributed by atoms with Gasteiger partial charge in [0.15, 0.2) is 0 Å². The van der Waals surface area contributed by atoms with E-state index in [-0.39, 0.29) is 0 Å². The molecule has 0 radical (unpaired) electrons. The average molecular weight is 315 g/mol. The van der Waals surface area contributed by atoms with Crippen molar-refractivity contribution in [3.63, 3.8) is 0 Å². The third-order valence-electron chi connectivity index (χ3n) is 2.84. The van der Waals surface area contributed by atoms with Gasteiger partial charge in [-0.1, -0.05) is 12.1 Å². The van der Waals surface area contributed by atoms with Crippen LogP contribution in [0.5, 0.6) is 5.75 Å². The number of benzene rings is 1. The van der Waals surface area contributed by atoms with E-state index in [1.165, 1.54) is 6.26 Å². The van der Waals surface area contributed by atoms with Crippen LogP contribution < -0.4 is 15.5 Å². The van der Waals surface area contributed by atoms with Gasteiger partial charge in [0.2, 0.25) is 0 Å². The molecule has 7 heteroatoms. The van der Waals surface area contributed by atoms with Crippen LogP contribution in [0.2, 0.25) is 0 Å². The van der Waals surface area contributed by atoms with E-state index in [4.69, 9.17) is 9.15 Å². The Morgan fingerprint density at radius 1 is 1.17 bits per heavy atom. The fraction of sp³-hybridized carbons (Fsp3) is 0.188. The largest absolute Gasteiger partial charge is 0.492 e. The first-order valence-electron chi connectivity index (χ1n) is 7.03. The molecule has 1 aromatic carbocycles. The first kappa shape index (κ1) is 16.3. The summed E-state index contributed by atoms with van der Waals surface area (Å²) in [5.74, 6) is -0.728. The molecule has 0 bridgehead atoms. The van der Waals surface area contributed by atoms with Crippen LogP contribution in [0.3, 0.4) is 0 Å². The summed E-state index contributed by atoms with van der Waals surface area (Å²) >= 11 is 0. The van der Waals surface area contributed by atoms with Crippen LogP contribution in [0.1, 0.15) is 19.6 Å². The lowest BCUT2D eigenvalue weighted by Crippen LogP contribution is -2.33. The molecule has 0 spiro atoms. The van der Waals surface area contributed by atoms with Gasteiger partial charge in [0.1, 0.15) is 17.2 Å². The Labute approximate surface area is 133 Å². The molecule has 0 atom stereocenters. The van der Waals surface area contributed by atoms with Gasteiger partial charge >= 0.3 is 11.8 Å². The van der Waals surface area contributed by atoms with Crippen molar-refractivity contribution in [2.24, 2.45) is 5.10 Å². The van der Waals surface area contributed by atoms with Gasteiger partial charge < -0.3 is 14.5 Å². The van der Waals surface area contributed by atoms with Gasteiger partial charge in [0.25, 0.3) is 0 Å². The number of rotatable bonds is 5. The Morgan fingerprint density at radius 2 is 1.96 bits per heavy atom. The van der Waals surface area contributed by atoms with Gasteiger partial charge in [-0.15, -0.1) is 0 Å². The van der Waals surface area contributed by atoms with E-state index in [1.54, 1.807) is 43.3 Å². The smallest absolute Gasteiger partial charge is 0.329 e. The van der Waals surface area contributed by atoms with Crippen molar-refractivity contribution in [1.82, 2.24) is 5.43 Å². The molecule has 2 aromatic rings. The molecule has 0 aliphatic heterocycles. The Morgan fingerprint density at radius 3 is 2.65 bits per heavy atom. The first-order chi connectivity index (χ1) is 11.1. The molecule has 0 aliphatic carbocycles. The standard InChI is InChI=1S/C16H17N3O4/c1-3-22-14-8-5-4-7-12(14)17-15(20)16(21)19-18-11(2)13-9-6-10-23-13/h4-10H,3H2,1-2H3,(H,17,20)(H,19,21)/b18-11+. The van der Waals surface area contributed by atoms with Crippen molar-refractivity contribution in [3.8, 4) is 5.75 Å². The molecule has 1 heterocycles. The maximum absolute atomic E-state index is 11.9. The molecule has 2 amide bonds. The van der Waals surface area contributed by atoms with Gasteiger partial charge in [0, 0.05) is 0 Å². The van der Waals surface area contributed by atoms with Gasteiger partial charge in [-0.3, -0.25) is 9.59 Å².